The third-order valence-electron chi connectivity index (χ3n) is 1.30. The minimum atomic E-state index is -0.833. The van der Waals surface area contributed by atoms with E-state index in [0.717, 1.165) is 13.2 Å². The quantitative estimate of drug-likeness (QED) is 0.657. The number of nitrogens with two attached hydrogens (primary N) is 2. The molecule has 14 heavy (non-hydrogen) atoms. The maximum absolute atomic E-state index is 9.00. The van der Waals surface area contributed by atoms with Gasteiger partial charge in [-0.05, 0) is 0 Å². The van der Waals surface area contributed by atoms with Crippen LogP contribution in [0.5, 0.6) is 0 Å². The van der Waals surface area contributed by atoms with Crippen LogP contribution in [0.4, 0.5) is 4.79 Å². The summed E-state index contributed by atoms with van der Waals surface area (Å²) in [4.78, 5) is 13.3. The number of rotatable bonds is 2. The molecule has 0 saturated heterocycles. The van der Waals surface area contributed by atoms with Crippen molar-refractivity contribution in [3.05, 3.63) is 25.1 Å². The number of hydrogen-bond acceptors (Lipinski definition) is 3. The van der Waals surface area contributed by atoms with Gasteiger partial charge in [-0.1, -0.05) is 6.08 Å². The van der Waals surface area contributed by atoms with Crippen LogP contribution in [0.15, 0.2) is 25.1 Å². The molecule has 0 aromatic rings. The Labute approximate surface area is 90.4 Å². The molecule has 1 aliphatic heterocycles. The molecule has 0 atom stereocenters. The number of nitrogens with zero attached hydrogens (tertiary/aromatic N) is 2. The van der Waals surface area contributed by atoms with Crippen LogP contribution in [-0.4, -0.2) is 36.1 Å². The molecule has 0 aliphatic carbocycles. The van der Waals surface area contributed by atoms with Crippen LogP contribution in [0, 0.1) is 0 Å². The van der Waals surface area contributed by atoms with Crippen LogP contribution in [0.3, 0.4) is 0 Å². The van der Waals surface area contributed by atoms with Crippen molar-refractivity contribution in [3.8, 4) is 0 Å². The maximum Gasteiger partial charge on any atom is 0.309 e. The fourth-order valence-electron chi connectivity index (χ4n) is 0.873. The van der Waals surface area contributed by atoms with E-state index in [-0.39, 0.29) is 12.4 Å². The van der Waals surface area contributed by atoms with E-state index in [1.807, 2.05) is 6.08 Å². The SMILES string of the molecule is C=CCN1C=CN(C)C1.Cl.NC(N)=O. The standard InChI is InChI=1S/C7H12N2.CH4N2O.ClH/c1-3-4-9-6-5-8(2)7-9;2-1(3)4;/h3,5-6H,1,4,7H2,2H3;(H4,2,3,4);1H. The molecule has 4 N–H and O–H groups in total. The van der Waals surface area contributed by atoms with Gasteiger partial charge in [-0.15, -0.1) is 19.0 Å². The molecule has 1 aliphatic rings. The fourth-order valence-corrected chi connectivity index (χ4v) is 0.873. The summed E-state index contributed by atoms with van der Waals surface area (Å²) in [5.41, 5.74) is 8.50. The van der Waals surface area contributed by atoms with Gasteiger partial charge in [-0.2, -0.15) is 0 Å². The predicted molar refractivity (Wildman–Crippen MR) is 59.7 cm³/mol. The van der Waals surface area contributed by atoms with Gasteiger partial charge in [-0.25, -0.2) is 4.79 Å². The van der Waals surface area contributed by atoms with Gasteiger partial charge in [-0.3, -0.25) is 0 Å². The summed E-state index contributed by atoms with van der Waals surface area (Å²) in [6.45, 7) is 5.59. The summed E-state index contributed by atoms with van der Waals surface area (Å²) in [6.07, 6.45) is 6.04. The number of primary amides is 2. The van der Waals surface area contributed by atoms with Gasteiger partial charge in [0.05, 0.1) is 6.67 Å². The van der Waals surface area contributed by atoms with Crippen LogP contribution in [0.1, 0.15) is 0 Å². The number of amides is 2. The highest BCUT2D eigenvalue weighted by atomic mass is 35.5. The van der Waals surface area contributed by atoms with Crippen molar-refractivity contribution in [2.75, 3.05) is 20.3 Å². The largest absolute Gasteiger partial charge is 0.362 e. The third kappa shape index (κ3) is 8.73. The molecule has 5 nitrogen and oxygen atoms in total. The molecule has 0 spiro atoms. The summed E-state index contributed by atoms with van der Waals surface area (Å²) in [5, 5.41) is 0. The number of hydrogen-bond donors (Lipinski definition) is 2. The minimum Gasteiger partial charge on any atom is -0.362 e. The average Bonchev–Trinajstić information content (AvgIpc) is 2.35. The second-order valence-corrected chi connectivity index (χ2v) is 2.66. The van der Waals surface area contributed by atoms with E-state index >= 15 is 0 Å². The zero-order valence-corrected chi connectivity index (χ0v) is 9.04. The van der Waals surface area contributed by atoms with Crippen LogP contribution in [-0.2, 0) is 0 Å². The van der Waals surface area contributed by atoms with E-state index < -0.39 is 6.03 Å². The third-order valence-corrected chi connectivity index (χ3v) is 1.30. The van der Waals surface area contributed by atoms with Crippen molar-refractivity contribution < 1.29 is 4.79 Å². The summed E-state index contributed by atoms with van der Waals surface area (Å²) in [5.74, 6) is 0. The van der Waals surface area contributed by atoms with E-state index in [1.54, 1.807) is 0 Å². The molecular formula is C8H17ClN4O. The van der Waals surface area contributed by atoms with Crippen molar-refractivity contribution >= 4 is 18.4 Å². The number of halogens is 1. The van der Waals surface area contributed by atoms with E-state index in [9.17, 15) is 0 Å². The topological polar surface area (TPSA) is 75.6 Å². The lowest BCUT2D eigenvalue weighted by molar-refractivity contribution is 0.256. The molecule has 0 aromatic heterocycles. The van der Waals surface area contributed by atoms with E-state index in [2.05, 4.69) is 47.3 Å². The Balaban J connectivity index is 0. The van der Waals surface area contributed by atoms with Crippen molar-refractivity contribution in [2.45, 2.75) is 0 Å². The van der Waals surface area contributed by atoms with Crippen LogP contribution >= 0.6 is 12.4 Å². The second kappa shape index (κ2) is 8.25. The summed E-state index contributed by atoms with van der Waals surface area (Å²) in [7, 11) is 2.06. The number of urea groups is 1. The van der Waals surface area contributed by atoms with Gasteiger partial charge in [0.15, 0.2) is 0 Å². The Kier molecular flexibility index (Phi) is 8.91. The first-order chi connectivity index (χ1) is 6.06. The lowest BCUT2D eigenvalue weighted by Gasteiger charge is -2.15. The van der Waals surface area contributed by atoms with E-state index in [0.29, 0.717) is 0 Å². The van der Waals surface area contributed by atoms with Crippen molar-refractivity contribution in [3.63, 3.8) is 0 Å². The second-order valence-electron chi connectivity index (χ2n) is 2.66. The average molecular weight is 221 g/mol. The lowest BCUT2D eigenvalue weighted by atomic mass is 10.6. The molecule has 0 bridgehead atoms. The Bertz CT molecular complexity index is 204. The Morgan fingerprint density at radius 3 is 2.36 bits per heavy atom. The first-order valence-corrected chi connectivity index (χ1v) is 3.84. The molecule has 0 radical (unpaired) electrons. The van der Waals surface area contributed by atoms with Gasteiger partial charge < -0.3 is 21.3 Å². The molecule has 0 fully saturated rings. The molecule has 1 heterocycles. The molecule has 0 unspecified atom stereocenters. The predicted octanol–water partition coefficient (Wildman–Crippen LogP) is 0.294. The molecule has 82 valence electrons. The Morgan fingerprint density at radius 2 is 2.07 bits per heavy atom. The van der Waals surface area contributed by atoms with Gasteiger partial charge in [0.2, 0.25) is 0 Å². The maximum atomic E-state index is 9.00. The number of carbonyl (C=O) groups is 1. The van der Waals surface area contributed by atoms with E-state index in [1.165, 1.54) is 0 Å². The lowest BCUT2D eigenvalue weighted by Crippen LogP contribution is -2.21. The van der Waals surface area contributed by atoms with Crippen LogP contribution in [0.25, 0.3) is 0 Å². The van der Waals surface area contributed by atoms with Gasteiger partial charge >= 0.3 is 6.03 Å². The van der Waals surface area contributed by atoms with Crippen molar-refractivity contribution in [2.24, 2.45) is 11.5 Å². The highest BCUT2D eigenvalue weighted by molar-refractivity contribution is 5.85. The first kappa shape index (κ1) is 15.1. The van der Waals surface area contributed by atoms with Gasteiger partial charge in [0.1, 0.15) is 0 Å². The van der Waals surface area contributed by atoms with Gasteiger partial charge in [0.25, 0.3) is 0 Å². The van der Waals surface area contributed by atoms with Crippen LogP contribution in [0.2, 0.25) is 0 Å². The molecule has 1 rings (SSSR count). The minimum absolute atomic E-state index is 0. The zero-order chi connectivity index (χ0) is 10.3. The zero-order valence-electron chi connectivity index (χ0n) is 8.22. The molecule has 0 saturated carbocycles. The molecule has 6 heteroatoms. The molecule has 2 amide bonds. The normalized spacial score (nSPS) is 12.6. The van der Waals surface area contributed by atoms with E-state index in [4.69, 9.17) is 4.79 Å². The summed E-state index contributed by atoms with van der Waals surface area (Å²) in [6, 6.07) is -0.833. The van der Waals surface area contributed by atoms with Crippen LogP contribution < -0.4 is 11.5 Å². The van der Waals surface area contributed by atoms with Crippen molar-refractivity contribution in [1.82, 2.24) is 9.80 Å². The molecular weight excluding hydrogens is 204 g/mol. The Hall–Kier alpha value is -1.36. The van der Waals surface area contributed by atoms with Crippen molar-refractivity contribution in [1.29, 1.82) is 0 Å². The van der Waals surface area contributed by atoms with Gasteiger partial charge in [0, 0.05) is 26.0 Å². The Morgan fingerprint density at radius 1 is 1.57 bits per heavy atom. The summed E-state index contributed by atoms with van der Waals surface area (Å²) < 4.78 is 0. The smallest absolute Gasteiger partial charge is 0.309 e. The fraction of sp³-hybridized carbons (Fsp3) is 0.375. The highest BCUT2D eigenvalue weighted by Crippen LogP contribution is 2.01. The highest BCUT2D eigenvalue weighted by Gasteiger charge is 2.04. The number of carbonyl (C=O) groups excluding carboxylic acids is 1. The summed E-state index contributed by atoms with van der Waals surface area (Å²) >= 11 is 0. The molecule has 0 aromatic carbocycles. The monoisotopic (exact) mass is 220 g/mol. The first-order valence-electron chi connectivity index (χ1n) is 3.84.